The number of aromatic amines is 1. The van der Waals surface area contributed by atoms with Gasteiger partial charge in [-0.3, -0.25) is 15.7 Å². The van der Waals surface area contributed by atoms with Gasteiger partial charge in [-0.15, -0.1) is 10.2 Å². The molecule has 0 atom stereocenters. The van der Waals surface area contributed by atoms with E-state index >= 15 is 0 Å². The van der Waals surface area contributed by atoms with E-state index < -0.39 is 6.03 Å². The lowest BCUT2D eigenvalue weighted by Crippen LogP contribution is -2.19. The van der Waals surface area contributed by atoms with Crippen molar-refractivity contribution in [1.82, 2.24) is 25.6 Å². The van der Waals surface area contributed by atoms with Gasteiger partial charge < -0.3 is 4.52 Å². The summed E-state index contributed by atoms with van der Waals surface area (Å²) in [4.78, 5) is 12.0. The van der Waals surface area contributed by atoms with Gasteiger partial charge in [-0.05, 0) is 12.8 Å². The van der Waals surface area contributed by atoms with Gasteiger partial charge in [-0.2, -0.15) is 5.10 Å². The third kappa shape index (κ3) is 2.80. The zero-order chi connectivity index (χ0) is 15.9. The fourth-order valence-corrected chi connectivity index (χ4v) is 2.80. The van der Waals surface area contributed by atoms with E-state index in [0.29, 0.717) is 21.7 Å². The van der Waals surface area contributed by atoms with Crippen LogP contribution in [-0.4, -0.2) is 31.6 Å². The van der Waals surface area contributed by atoms with Crippen molar-refractivity contribution in [1.29, 1.82) is 0 Å². The number of carbonyl (C=O) groups excluding carboxylic acids is 1. The molecule has 3 aromatic heterocycles. The smallest absolute Gasteiger partial charge is 0.326 e. The first-order valence-corrected chi connectivity index (χ1v) is 7.82. The van der Waals surface area contributed by atoms with Crippen LogP contribution in [0.15, 0.2) is 22.9 Å². The normalized spacial score (nSPS) is 15.3. The van der Waals surface area contributed by atoms with Gasteiger partial charge >= 0.3 is 6.03 Å². The predicted octanol–water partition coefficient (Wildman–Crippen LogP) is 2.61. The highest BCUT2D eigenvalue weighted by molar-refractivity contribution is 7.18. The Morgan fingerprint density at radius 3 is 3.00 bits per heavy atom. The molecule has 0 aromatic carbocycles. The summed E-state index contributed by atoms with van der Waals surface area (Å²) in [5.74, 6) is 0.479. The Bertz CT molecular complexity index is 834. The summed E-state index contributed by atoms with van der Waals surface area (Å²) in [5.41, 5.74) is 1.79. The highest BCUT2D eigenvalue weighted by Crippen LogP contribution is 2.47. The van der Waals surface area contributed by atoms with E-state index in [4.69, 9.17) is 4.52 Å². The van der Waals surface area contributed by atoms with Crippen LogP contribution in [0.1, 0.15) is 25.5 Å². The standard InChI is InChI=1S/C13H13N7O2S/c1-13(3-4-13)8-6-9(17-16-8)14-11(21)15-12-19-18-10(23-12)7-2-5-22-20-7/h2,5-6H,3-4H2,1H3,(H3,14,15,16,17,19,21). The molecule has 1 aliphatic carbocycles. The quantitative estimate of drug-likeness (QED) is 0.675. The number of anilines is 2. The predicted molar refractivity (Wildman–Crippen MR) is 83.2 cm³/mol. The van der Waals surface area contributed by atoms with E-state index in [-0.39, 0.29) is 5.41 Å². The third-order valence-corrected chi connectivity index (χ3v) is 4.63. The summed E-state index contributed by atoms with van der Waals surface area (Å²) in [6, 6.07) is 3.11. The van der Waals surface area contributed by atoms with E-state index in [0.717, 1.165) is 18.5 Å². The molecule has 1 saturated carbocycles. The number of nitrogens with zero attached hydrogens (tertiary/aromatic N) is 4. The minimum absolute atomic E-state index is 0.176. The summed E-state index contributed by atoms with van der Waals surface area (Å²) in [6.07, 6.45) is 3.72. The molecule has 0 spiro atoms. The molecule has 0 unspecified atom stereocenters. The van der Waals surface area contributed by atoms with Gasteiger partial charge in [0.05, 0.1) is 0 Å². The average Bonchev–Trinajstić information content (AvgIpc) is 3.03. The second-order valence-corrected chi connectivity index (χ2v) is 6.58. The molecule has 0 bridgehead atoms. The fourth-order valence-electron chi connectivity index (χ4n) is 2.10. The first kappa shape index (κ1) is 13.9. The zero-order valence-corrected chi connectivity index (χ0v) is 13.0. The van der Waals surface area contributed by atoms with E-state index in [1.807, 2.05) is 6.07 Å². The van der Waals surface area contributed by atoms with Gasteiger partial charge in [0.2, 0.25) is 5.13 Å². The summed E-state index contributed by atoms with van der Waals surface area (Å²) >= 11 is 1.20. The molecule has 23 heavy (non-hydrogen) atoms. The van der Waals surface area contributed by atoms with Gasteiger partial charge in [0.25, 0.3) is 0 Å². The van der Waals surface area contributed by atoms with Gasteiger partial charge in [-0.25, -0.2) is 4.79 Å². The van der Waals surface area contributed by atoms with Crippen LogP contribution in [0.4, 0.5) is 15.7 Å². The molecular weight excluding hydrogens is 318 g/mol. The number of rotatable bonds is 4. The first-order chi connectivity index (χ1) is 11.1. The molecule has 3 heterocycles. The van der Waals surface area contributed by atoms with Crippen molar-refractivity contribution in [3.8, 4) is 10.7 Å². The number of amides is 2. The molecule has 9 nitrogen and oxygen atoms in total. The van der Waals surface area contributed by atoms with Crippen LogP contribution in [-0.2, 0) is 5.41 Å². The van der Waals surface area contributed by atoms with E-state index in [2.05, 4.69) is 43.1 Å². The second-order valence-electron chi connectivity index (χ2n) is 5.60. The van der Waals surface area contributed by atoms with E-state index in [1.165, 1.54) is 17.6 Å². The van der Waals surface area contributed by atoms with Crippen LogP contribution in [0.25, 0.3) is 10.7 Å². The number of carbonyl (C=O) groups is 1. The average molecular weight is 331 g/mol. The zero-order valence-electron chi connectivity index (χ0n) is 12.2. The monoisotopic (exact) mass is 331 g/mol. The lowest BCUT2D eigenvalue weighted by atomic mass is 10.1. The molecule has 3 N–H and O–H groups in total. The Hall–Kier alpha value is -2.75. The molecule has 4 rings (SSSR count). The van der Waals surface area contributed by atoms with Crippen molar-refractivity contribution in [3.63, 3.8) is 0 Å². The molecule has 10 heteroatoms. The molecule has 0 aliphatic heterocycles. The molecule has 2 amide bonds. The van der Waals surface area contributed by atoms with Crippen LogP contribution in [0.2, 0.25) is 0 Å². The number of hydrogen-bond donors (Lipinski definition) is 3. The summed E-state index contributed by atoms with van der Waals surface area (Å²) in [7, 11) is 0. The largest absolute Gasteiger partial charge is 0.364 e. The van der Waals surface area contributed by atoms with Crippen molar-refractivity contribution in [2.75, 3.05) is 10.6 Å². The Kier molecular flexibility index (Phi) is 3.11. The SMILES string of the molecule is CC1(c2cc(NC(=O)Nc3nnc(-c4ccon4)s3)n[nH]2)CC1. The second kappa shape index (κ2) is 5.16. The highest BCUT2D eigenvalue weighted by atomic mass is 32.1. The number of urea groups is 1. The van der Waals surface area contributed by atoms with Gasteiger partial charge in [0.1, 0.15) is 12.0 Å². The number of H-pyrrole nitrogens is 1. The molecule has 118 valence electrons. The van der Waals surface area contributed by atoms with Crippen molar-refractivity contribution in [3.05, 3.63) is 24.1 Å². The fraction of sp³-hybridized carbons (Fsp3) is 0.308. The Labute approximate surface area is 134 Å². The van der Waals surface area contributed by atoms with Crippen LogP contribution in [0.5, 0.6) is 0 Å². The Morgan fingerprint density at radius 2 is 2.26 bits per heavy atom. The lowest BCUT2D eigenvalue weighted by molar-refractivity contribution is 0.262. The van der Waals surface area contributed by atoms with Crippen LogP contribution >= 0.6 is 11.3 Å². The maximum atomic E-state index is 12.0. The summed E-state index contributed by atoms with van der Waals surface area (Å²) in [5, 5.41) is 24.9. The van der Waals surface area contributed by atoms with Crippen LogP contribution in [0.3, 0.4) is 0 Å². The van der Waals surface area contributed by atoms with Gasteiger partial charge in [-0.1, -0.05) is 23.4 Å². The van der Waals surface area contributed by atoms with E-state index in [1.54, 1.807) is 6.07 Å². The summed E-state index contributed by atoms with van der Waals surface area (Å²) < 4.78 is 4.75. The van der Waals surface area contributed by atoms with Crippen molar-refractivity contribution >= 4 is 28.3 Å². The maximum Gasteiger partial charge on any atom is 0.326 e. The van der Waals surface area contributed by atoms with Gasteiger partial charge in [0.15, 0.2) is 10.8 Å². The van der Waals surface area contributed by atoms with Crippen molar-refractivity contribution in [2.24, 2.45) is 0 Å². The Morgan fingerprint density at radius 1 is 1.39 bits per heavy atom. The molecule has 1 aliphatic rings. The molecule has 1 fully saturated rings. The Balaban J connectivity index is 1.39. The number of hydrogen-bond acceptors (Lipinski definition) is 7. The number of nitrogens with one attached hydrogen (secondary N) is 3. The van der Waals surface area contributed by atoms with Crippen molar-refractivity contribution < 1.29 is 9.32 Å². The topological polar surface area (TPSA) is 122 Å². The maximum absolute atomic E-state index is 12.0. The van der Waals surface area contributed by atoms with Crippen LogP contribution in [0, 0.1) is 0 Å². The first-order valence-electron chi connectivity index (χ1n) is 7.01. The highest BCUT2D eigenvalue weighted by Gasteiger charge is 2.40. The van der Waals surface area contributed by atoms with Gasteiger partial charge in [0, 0.05) is 23.2 Å². The third-order valence-electron chi connectivity index (χ3n) is 3.77. The van der Waals surface area contributed by atoms with Crippen LogP contribution < -0.4 is 10.6 Å². The summed E-state index contributed by atoms with van der Waals surface area (Å²) in [6.45, 7) is 2.16. The molecular formula is C13H13N7O2S. The molecule has 3 aromatic rings. The minimum atomic E-state index is -0.424. The molecule has 0 saturated heterocycles. The molecule has 0 radical (unpaired) electrons. The van der Waals surface area contributed by atoms with Crippen molar-refractivity contribution in [2.45, 2.75) is 25.2 Å². The lowest BCUT2D eigenvalue weighted by Gasteiger charge is -2.02. The van der Waals surface area contributed by atoms with E-state index in [9.17, 15) is 4.79 Å². The number of aromatic nitrogens is 5. The minimum Gasteiger partial charge on any atom is -0.364 e.